The van der Waals surface area contributed by atoms with Gasteiger partial charge in [-0.3, -0.25) is 9.36 Å². The van der Waals surface area contributed by atoms with Crippen LogP contribution in [-0.2, 0) is 16.1 Å². The zero-order valence-electron chi connectivity index (χ0n) is 21.9. The molecule has 0 bridgehead atoms. The first-order valence-electron chi connectivity index (χ1n) is 12.1. The number of nitrogens with one attached hydrogen (secondary N) is 1. The Balaban J connectivity index is 1.48. The molecule has 40 heavy (non-hydrogen) atoms. The van der Waals surface area contributed by atoms with Crippen LogP contribution >= 0.6 is 46.3 Å². The van der Waals surface area contributed by atoms with Crippen LogP contribution in [0, 0.1) is 6.92 Å². The number of benzene rings is 2. The predicted molar refractivity (Wildman–Crippen MR) is 161 cm³/mol. The van der Waals surface area contributed by atoms with Crippen molar-refractivity contribution in [1.29, 1.82) is 0 Å². The maximum absolute atomic E-state index is 13.0. The minimum absolute atomic E-state index is 0.0308. The van der Waals surface area contributed by atoms with Crippen LogP contribution in [0.15, 0.2) is 65.7 Å². The van der Waals surface area contributed by atoms with Crippen LogP contribution < -0.4 is 10.1 Å². The molecule has 0 saturated carbocycles. The highest BCUT2D eigenvalue weighted by Crippen LogP contribution is 2.37. The Morgan fingerprint density at radius 2 is 1.95 bits per heavy atom. The first-order chi connectivity index (χ1) is 19.2. The number of hydrogen-bond acceptors (Lipinski definition) is 8. The summed E-state index contributed by atoms with van der Waals surface area (Å²) in [6, 6.07) is 12.8. The van der Waals surface area contributed by atoms with E-state index in [2.05, 4.69) is 22.1 Å². The molecule has 0 radical (unpaired) electrons. The van der Waals surface area contributed by atoms with Gasteiger partial charge in [-0.2, -0.15) is 0 Å². The lowest BCUT2D eigenvalue weighted by Crippen LogP contribution is -2.17. The number of esters is 1. The number of thiophene rings is 1. The largest absolute Gasteiger partial charge is 0.481 e. The Labute approximate surface area is 250 Å². The molecule has 1 amide bonds. The molecule has 2 heterocycles. The molecule has 1 unspecified atom stereocenters. The Bertz CT molecular complexity index is 1540. The molecule has 0 spiro atoms. The van der Waals surface area contributed by atoms with E-state index in [1.807, 2.05) is 48.1 Å². The van der Waals surface area contributed by atoms with Crippen LogP contribution in [0.1, 0.15) is 34.8 Å². The number of carbonyl (C=O) groups is 2. The van der Waals surface area contributed by atoms with Gasteiger partial charge in [0, 0.05) is 28.6 Å². The van der Waals surface area contributed by atoms with Crippen molar-refractivity contribution in [2.45, 2.75) is 31.7 Å². The molecule has 1 atom stereocenters. The van der Waals surface area contributed by atoms with Crippen LogP contribution in [0.4, 0.5) is 5.00 Å². The van der Waals surface area contributed by atoms with Gasteiger partial charge in [-0.05, 0) is 31.5 Å². The number of rotatable bonds is 11. The number of hydrogen-bond donors (Lipinski definition) is 1. The van der Waals surface area contributed by atoms with Crippen molar-refractivity contribution < 1.29 is 19.1 Å². The number of halogens is 2. The van der Waals surface area contributed by atoms with E-state index >= 15 is 0 Å². The number of thioether (sulfide) groups is 1. The Morgan fingerprint density at radius 1 is 1.20 bits per heavy atom. The van der Waals surface area contributed by atoms with Crippen LogP contribution in [0.5, 0.6) is 5.75 Å². The summed E-state index contributed by atoms with van der Waals surface area (Å²) in [6.45, 7) is 8.03. The van der Waals surface area contributed by atoms with E-state index in [-0.39, 0.29) is 11.7 Å². The van der Waals surface area contributed by atoms with Crippen molar-refractivity contribution in [2.75, 3.05) is 18.2 Å². The van der Waals surface area contributed by atoms with E-state index < -0.39 is 12.1 Å². The highest BCUT2D eigenvalue weighted by Gasteiger charge is 2.24. The number of methoxy groups -OCH3 is 1. The highest BCUT2D eigenvalue weighted by atomic mass is 35.5. The van der Waals surface area contributed by atoms with Gasteiger partial charge in [-0.1, -0.05) is 70.9 Å². The molecule has 0 aliphatic carbocycles. The summed E-state index contributed by atoms with van der Waals surface area (Å²) in [7, 11) is 1.31. The van der Waals surface area contributed by atoms with E-state index in [9.17, 15) is 9.59 Å². The standard InChI is InChI=1S/C28H26Cl2N4O4S2/c1-5-12-34-25(17(3)38-22-13-19(29)10-11-21(22)30)32-33-28(34)40-15-23(35)31-26-24(27(36)37-4)20(14-39-26)18-8-6-16(2)7-9-18/h5-11,13-14,17H,1,12,15H2,2-4H3,(H,31,35). The lowest BCUT2D eigenvalue weighted by Gasteiger charge is -2.16. The van der Waals surface area contributed by atoms with Gasteiger partial charge >= 0.3 is 5.97 Å². The Kier molecular flexibility index (Phi) is 9.91. The third-order valence-electron chi connectivity index (χ3n) is 5.75. The number of aromatic nitrogens is 3. The monoisotopic (exact) mass is 616 g/mol. The van der Waals surface area contributed by atoms with Gasteiger partial charge in [0.15, 0.2) is 17.1 Å². The second kappa shape index (κ2) is 13.4. The van der Waals surface area contributed by atoms with E-state index in [1.54, 1.807) is 24.3 Å². The number of amides is 1. The molecular formula is C28H26Cl2N4O4S2. The average molecular weight is 618 g/mol. The summed E-state index contributed by atoms with van der Waals surface area (Å²) in [5.74, 6) is 0.155. The Hall–Kier alpha value is -3.31. The fourth-order valence-electron chi connectivity index (χ4n) is 3.81. The smallest absolute Gasteiger partial charge is 0.341 e. The van der Waals surface area contributed by atoms with Gasteiger partial charge in [0.25, 0.3) is 0 Å². The fourth-order valence-corrected chi connectivity index (χ4v) is 5.86. The molecule has 2 aromatic carbocycles. The molecule has 0 saturated heterocycles. The second-order valence-electron chi connectivity index (χ2n) is 8.62. The summed E-state index contributed by atoms with van der Waals surface area (Å²) >= 11 is 14.8. The number of aryl methyl sites for hydroxylation is 1. The SMILES string of the molecule is C=CCn1c(SCC(=O)Nc2scc(-c3ccc(C)cc3)c2C(=O)OC)nnc1C(C)Oc1cc(Cl)ccc1Cl. The van der Waals surface area contributed by atoms with E-state index in [0.717, 1.165) is 11.1 Å². The third-order valence-corrected chi connectivity index (χ3v) is 8.16. The van der Waals surface area contributed by atoms with Gasteiger partial charge in [-0.25, -0.2) is 4.79 Å². The minimum Gasteiger partial charge on any atom is -0.481 e. The molecule has 0 aliphatic rings. The summed E-state index contributed by atoms with van der Waals surface area (Å²) < 4.78 is 12.8. The molecule has 8 nitrogen and oxygen atoms in total. The maximum Gasteiger partial charge on any atom is 0.341 e. The zero-order chi connectivity index (χ0) is 28.8. The van der Waals surface area contributed by atoms with Crippen molar-refractivity contribution in [2.24, 2.45) is 0 Å². The number of ether oxygens (including phenoxy) is 2. The molecular weight excluding hydrogens is 591 g/mol. The average Bonchev–Trinajstić information content (AvgIpc) is 3.54. The van der Waals surface area contributed by atoms with Gasteiger partial charge in [0.2, 0.25) is 5.91 Å². The highest BCUT2D eigenvalue weighted by molar-refractivity contribution is 7.99. The normalized spacial score (nSPS) is 11.6. The number of allylic oxidation sites excluding steroid dienone is 1. The van der Waals surface area contributed by atoms with E-state index in [1.165, 1.54) is 30.2 Å². The van der Waals surface area contributed by atoms with Gasteiger partial charge in [0.05, 0.1) is 17.9 Å². The van der Waals surface area contributed by atoms with Gasteiger partial charge in [0.1, 0.15) is 16.3 Å². The first-order valence-corrected chi connectivity index (χ1v) is 14.7. The molecule has 0 aliphatic heterocycles. The van der Waals surface area contributed by atoms with Crippen molar-refractivity contribution in [1.82, 2.24) is 14.8 Å². The maximum atomic E-state index is 13.0. The van der Waals surface area contributed by atoms with Crippen molar-refractivity contribution in [3.05, 3.63) is 87.5 Å². The van der Waals surface area contributed by atoms with Crippen molar-refractivity contribution >= 4 is 63.2 Å². The topological polar surface area (TPSA) is 95.3 Å². The molecule has 2 aromatic heterocycles. The van der Waals surface area contributed by atoms with Crippen LogP contribution in [0.2, 0.25) is 10.0 Å². The summed E-state index contributed by atoms with van der Waals surface area (Å²) in [5.41, 5.74) is 2.98. The van der Waals surface area contributed by atoms with Gasteiger partial charge in [-0.15, -0.1) is 28.1 Å². The number of nitrogens with zero attached hydrogens (tertiary/aromatic N) is 3. The van der Waals surface area contributed by atoms with Crippen LogP contribution in [0.3, 0.4) is 0 Å². The summed E-state index contributed by atoms with van der Waals surface area (Å²) in [5, 5.41) is 15.1. The fraction of sp³-hybridized carbons (Fsp3) is 0.214. The predicted octanol–water partition coefficient (Wildman–Crippen LogP) is 7.47. The number of anilines is 1. The van der Waals surface area contributed by atoms with E-state index in [0.29, 0.717) is 49.4 Å². The lowest BCUT2D eigenvalue weighted by molar-refractivity contribution is -0.113. The molecule has 0 fully saturated rings. The summed E-state index contributed by atoms with van der Waals surface area (Å²) in [4.78, 5) is 25.6. The third kappa shape index (κ3) is 6.87. The Morgan fingerprint density at radius 3 is 2.65 bits per heavy atom. The first kappa shape index (κ1) is 29.7. The molecule has 4 aromatic rings. The van der Waals surface area contributed by atoms with Crippen LogP contribution in [0.25, 0.3) is 11.1 Å². The van der Waals surface area contributed by atoms with Crippen molar-refractivity contribution in [3.63, 3.8) is 0 Å². The molecule has 1 N–H and O–H groups in total. The number of carbonyl (C=O) groups excluding carboxylic acids is 2. The minimum atomic E-state index is -0.524. The quantitative estimate of drug-likeness (QED) is 0.106. The van der Waals surface area contributed by atoms with Crippen molar-refractivity contribution in [3.8, 4) is 16.9 Å². The molecule has 4 rings (SSSR count). The zero-order valence-corrected chi connectivity index (χ0v) is 25.1. The molecule has 208 valence electrons. The summed E-state index contributed by atoms with van der Waals surface area (Å²) in [6.07, 6.45) is 1.19. The lowest BCUT2D eigenvalue weighted by atomic mass is 10.0. The van der Waals surface area contributed by atoms with Gasteiger partial charge < -0.3 is 14.8 Å². The van der Waals surface area contributed by atoms with Crippen LogP contribution in [-0.4, -0.2) is 39.5 Å². The second-order valence-corrected chi connectivity index (χ2v) is 11.3. The molecule has 12 heteroatoms. The van der Waals surface area contributed by atoms with E-state index in [4.69, 9.17) is 32.7 Å².